The van der Waals surface area contributed by atoms with Crippen LogP contribution in [0.25, 0.3) is 0 Å². The van der Waals surface area contributed by atoms with Crippen molar-refractivity contribution in [1.82, 2.24) is 5.32 Å². The number of alkyl halides is 6. The lowest BCUT2D eigenvalue weighted by Gasteiger charge is -2.38. The molecule has 0 fully saturated rings. The second kappa shape index (κ2) is 10.9. The monoisotopic (exact) mass is 550 g/mol. The average molecular weight is 550 g/mol. The van der Waals surface area contributed by atoms with Gasteiger partial charge in [0, 0.05) is 24.1 Å². The van der Waals surface area contributed by atoms with Gasteiger partial charge in [0.05, 0.1) is 43.7 Å². The first-order valence-corrected chi connectivity index (χ1v) is 11.2. The number of hydrogen-bond donors (Lipinski definition) is 2. The third kappa shape index (κ3) is 6.34. The Kier molecular flexibility index (Phi) is 8.22. The first-order chi connectivity index (χ1) is 17.6. The van der Waals surface area contributed by atoms with Crippen LogP contribution >= 0.6 is 0 Å². The second-order valence-electron chi connectivity index (χ2n) is 8.50. The zero-order valence-electron chi connectivity index (χ0n) is 20.4. The molecule has 1 aliphatic rings. The van der Waals surface area contributed by atoms with Crippen molar-refractivity contribution in [1.29, 1.82) is 0 Å². The molecular formula is C24H24F6N2O6. The van der Waals surface area contributed by atoms with Gasteiger partial charge in [-0.25, -0.2) is 9.59 Å². The molecule has 0 saturated carbocycles. The minimum absolute atomic E-state index is 0.0163. The van der Waals surface area contributed by atoms with Crippen molar-refractivity contribution in [2.75, 3.05) is 25.7 Å². The summed E-state index contributed by atoms with van der Waals surface area (Å²) < 4.78 is 93.9. The predicted molar refractivity (Wildman–Crippen MR) is 122 cm³/mol. The molecule has 0 unspecified atom stereocenters. The number of hydrogen-bond acceptors (Lipinski definition) is 5. The number of fused-ring (bicyclic) bond motifs is 1. The molecule has 3 rings (SSSR count). The van der Waals surface area contributed by atoms with Crippen molar-refractivity contribution in [2.24, 2.45) is 0 Å². The lowest BCUT2D eigenvalue weighted by molar-refractivity contribution is -0.143. The van der Waals surface area contributed by atoms with E-state index in [1.54, 1.807) is 6.92 Å². The van der Waals surface area contributed by atoms with E-state index in [1.807, 2.05) is 0 Å². The van der Waals surface area contributed by atoms with Crippen molar-refractivity contribution in [2.45, 2.75) is 44.2 Å². The Bertz CT molecular complexity index is 1170. The van der Waals surface area contributed by atoms with E-state index in [1.165, 1.54) is 26.4 Å². The maximum absolute atomic E-state index is 13.1. The molecule has 0 bridgehead atoms. The average Bonchev–Trinajstić information content (AvgIpc) is 2.81. The molecular weight excluding hydrogens is 526 g/mol. The van der Waals surface area contributed by atoms with Crippen molar-refractivity contribution in [3.8, 4) is 11.5 Å². The molecule has 2 amide bonds. The van der Waals surface area contributed by atoms with E-state index in [4.69, 9.17) is 14.2 Å². The van der Waals surface area contributed by atoms with Crippen LogP contribution in [-0.4, -0.2) is 44.2 Å². The lowest BCUT2D eigenvalue weighted by Crippen LogP contribution is -2.46. The fourth-order valence-corrected chi connectivity index (χ4v) is 4.22. The summed E-state index contributed by atoms with van der Waals surface area (Å²) in [6.07, 6.45) is -12.5. The smallest absolute Gasteiger partial charge is 0.416 e. The summed E-state index contributed by atoms with van der Waals surface area (Å²) in [6, 6.07) is 2.78. The number of carbonyl (C=O) groups is 2. The van der Waals surface area contributed by atoms with Gasteiger partial charge in [0.25, 0.3) is 0 Å². The second-order valence-corrected chi connectivity index (χ2v) is 8.50. The number of ether oxygens (including phenoxy) is 3. The quantitative estimate of drug-likeness (QED) is 0.427. The van der Waals surface area contributed by atoms with E-state index in [0.29, 0.717) is 17.7 Å². The molecule has 1 aliphatic heterocycles. The minimum Gasteiger partial charge on any atom is -0.493 e. The number of nitrogens with one attached hydrogen (secondary N) is 1. The number of anilines is 1. The number of halogens is 6. The predicted octanol–water partition coefficient (Wildman–Crippen LogP) is 6.03. The molecule has 0 radical (unpaired) electrons. The van der Waals surface area contributed by atoms with Gasteiger partial charge in [-0.3, -0.25) is 4.90 Å². The van der Waals surface area contributed by atoms with E-state index in [9.17, 15) is 41.0 Å². The SMILES string of the molecule is COc1cc2c(cc1OC)N(C(=O)O)[C@H](C)C[C@@H]2NC(=O)OCCc1cc(C(F)(F)F)cc(C(F)(F)F)c1. The number of amides is 2. The van der Waals surface area contributed by atoms with Crippen molar-refractivity contribution < 1.29 is 55.2 Å². The zero-order chi connectivity index (χ0) is 28.4. The lowest BCUT2D eigenvalue weighted by atomic mass is 9.91. The van der Waals surface area contributed by atoms with Crippen molar-refractivity contribution in [3.05, 3.63) is 52.6 Å². The van der Waals surface area contributed by atoms with E-state index in [2.05, 4.69) is 5.32 Å². The van der Waals surface area contributed by atoms with E-state index < -0.39 is 60.8 Å². The van der Waals surface area contributed by atoms with Crippen LogP contribution in [0.4, 0.5) is 41.6 Å². The van der Waals surface area contributed by atoms with Crippen LogP contribution in [0.5, 0.6) is 11.5 Å². The number of benzene rings is 2. The number of alkyl carbamates (subject to hydrolysis) is 1. The van der Waals surface area contributed by atoms with Crippen LogP contribution in [-0.2, 0) is 23.5 Å². The Morgan fingerprint density at radius 1 is 0.974 bits per heavy atom. The Morgan fingerprint density at radius 3 is 2.03 bits per heavy atom. The Hall–Kier alpha value is -3.84. The van der Waals surface area contributed by atoms with E-state index in [-0.39, 0.29) is 35.2 Å². The topological polar surface area (TPSA) is 97.3 Å². The minimum atomic E-state index is -4.99. The molecule has 14 heteroatoms. The van der Waals surface area contributed by atoms with Crippen LogP contribution in [0, 0.1) is 0 Å². The Balaban J connectivity index is 1.76. The number of nitrogens with zero attached hydrogens (tertiary/aromatic N) is 1. The third-order valence-corrected chi connectivity index (χ3v) is 5.95. The highest BCUT2D eigenvalue weighted by Gasteiger charge is 2.38. The summed E-state index contributed by atoms with van der Waals surface area (Å²) in [5.74, 6) is 0.531. The zero-order valence-corrected chi connectivity index (χ0v) is 20.4. The fourth-order valence-electron chi connectivity index (χ4n) is 4.22. The number of carbonyl (C=O) groups excluding carboxylic acids is 1. The summed E-state index contributed by atoms with van der Waals surface area (Å²) in [7, 11) is 2.75. The molecule has 2 aromatic carbocycles. The van der Waals surface area contributed by atoms with Gasteiger partial charge in [0.15, 0.2) is 11.5 Å². The van der Waals surface area contributed by atoms with E-state index in [0.717, 1.165) is 4.90 Å². The van der Waals surface area contributed by atoms with Gasteiger partial charge in [-0.15, -0.1) is 0 Å². The van der Waals surface area contributed by atoms with Gasteiger partial charge in [0.1, 0.15) is 0 Å². The van der Waals surface area contributed by atoms with Crippen molar-refractivity contribution in [3.63, 3.8) is 0 Å². The molecule has 2 aromatic rings. The van der Waals surface area contributed by atoms with Crippen LogP contribution in [0.3, 0.4) is 0 Å². The molecule has 8 nitrogen and oxygen atoms in total. The fraction of sp³-hybridized carbons (Fsp3) is 0.417. The normalized spacial score (nSPS) is 17.4. The summed E-state index contributed by atoms with van der Waals surface area (Å²) in [5, 5.41) is 12.3. The number of methoxy groups -OCH3 is 2. The Morgan fingerprint density at radius 2 is 1.53 bits per heavy atom. The molecule has 0 aromatic heterocycles. The summed E-state index contributed by atoms with van der Waals surface area (Å²) in [6.45, 7) is 1.12. The third-order valence-electron chi connectivity index (χ3n) is 5.95. The summed E-state index contributed by atoms with van der Waals surface area (Å²) in [4.78, 5) is 25.4. The molecule has 2 N–H and O–H groups in total. The van der Waals surface area contributed by atoms with Gasteiger partial charge in [-0.1, -0.05) is 0 Å². The first-order valence-electron chi connectivity index (χ1n) is 11.2. The molecule has 2 atom stereocenters. The standard InChI is InChI=1S/C24H24F6N2O6/c1-12-6-17(16-10-19(36-2)20(37-3)11-18(16)32(12)22(34)35)31-21(33)38-5-4-13-7-14(23(25,26)27)9-15(8-13)24(28,29)30/h7-12,17H,4-6H2,1-3H3,(H,31,33)(H,34,35)/t12-,17+/m1/s1. The molecule has 1 heterocycles. The van der Waals surface area contributed by atoms with Crippen LogP contribution < -0.4 is 19.7 Å². The van der Waals surface area contributed by atoms with Gasteiger partial charge in [0.2, 0.25) is 0 Å². The molecule has 0 aliphatic carbocycles. The maximum atomic E-state index is 13.1. The van der Waals surface area contributed by atoms with Crippen LogP contribution in [0.15, 0.2) is 30.3 Å². The van der Waals surface area contributed by atoms with Crippen LogP contribution in [0.2, 0.25) is 0 Å². The summed E-state index contributed by atoms with van der Waals surface area (Å²) in [5.41, 5.74) is -2.62. The van der Waals surface area contributed by atoms with Gasteiger partial charge >= 0.3 is 24.5 Å². The maximum Gasteiger partial charge on any atom is 0.416 e. The van der Waals surface area contributed by atoms with E-state index >= 15 is 0 Å². The number of rotatable bonds is 6. The highest BCUT2D eigenvalue weighted by molar-refractivity contribution is 5.90. The largest absolute Gasteiger partial charge is 0.493 e. The molecule has 208 valence electrons. The van der Waals surface area contributed by atoms with Gasteiger partial charge < -0.3 is 24.6 Å². The van der Waals surface area contributed by atoms with Gasteiger partial charge in [-0.05, 0) is 43.2 Å². The number of carboxylic acid groups (broad SMARTS) is 1. The first kappa shape index (κ1) is 28.7. The highest BCUT2D eigenvalue weighted by Crippen LogP contribution is 2.43. The molecule has 0 saturated heterocycles. The summed E-state index contributed by atoms with van der Waals surface area (Å²) >= 11 is 0. The van der Waals surface area contributed by atoms with Crippen LogP contribution in [0.1, 0.15) is 41.6 Å². The van der Waals surface area contributed by atoms with Crippen molar-refractivity contribution >= 4 is 17.9 Å². The Labute approximate surface area is 213 Å². The molecule has 38 heavy (non-hydrogen) atoms. The van der Waals surface area contributed by atoms with Gasteiger partial charge in [-0.2, -0.15) is 26.3 Å². The highest BCUT2D eigenvalue weighted by atomic mass is 19.4. The molecule has 0 spiro atoms.